The van der Waals surface area contributed by atoms with Crippen molar-refractivity contribution in [3.8, 4) is 0 Å². The van der Waals surface area contributed by atoms with E-state index >= 15 is 0 Å². The Kier molecular flexibility index (Phi) is 6.15. The van der Waals surface area contributed by atoms with Crippen molar-refractivity contribution in [3.63, 3.8) is 0 Å². The van der Waals surface area contributed by atoms with Gasteiger partial charge in [-0.3, -0.25) is 4.79 Å². The molecule has 1 fully saturated rings. The summed E-state index contributed by atoms with van der Waals surface area (Å²) in [6, 6.07) is -0.303. The molecule has 0 spiro atoms. The Morgan fingerprint density at radius 1 is 1.39 bits per heavy atom. The van der Waals surface area contributed by atoms with Gasteiger partial charge in [0.15, 0.2) is 5.69 Å². The number of amides is 1. The average Bonchev–Trinajstić information content (AvgIpc) is 2.79. The molecule has 1 aliphatic carbocycles. The van der Waals surface area contributed by atoms with E-state index in [9.17, 15) is 9.90 Å². The van der Waals surface area contributed by atoms with Gasteiger partial charge in [-0.1, -0.05) is 18.0 Å². The largest absolute Gasteiger partial charge is 0.388 e. The third-order valence-corrected chi connectivity index (χ3v) is 4.61. The number of rotatable bonds is 5. The maximum Gasteiger partial charge on any atom is 0.276 e. The summed E-state index contributed by atoms with van der Waals surface area (Å²) in [5.41, 5.74) is 0.896. The molecule has 0 aliphatic heterocycles. The SMILES string of the molecule is COCc1c(C(=O)N(C)[C@@H]2CCCC[C@@H](OC)[C@@H]2O)noc1C. The number of carbonyl (C=O) groups is 1. The van der Waals surface area contributed by atoms with Gasteiger partial charge < -0.3 is 24.0 Å². The summed E-state index contributed by atoms with van der Waals surface area (Å²) in [6.07, 6.45) is 2.49. The fraction of sp³-hybridized carbons (Fsp3) is 0.750. The van der Waals surface area contributed by atoms with Crippen LogP contribution in [0.1, 0.15) is 47.5 Å². The van der Waals surface area contributed by atoms with Crippen molar-refractivity contribution in [1.29, 1.82) is 0 Å². The topological polar surface area (TPSA) is 85.0 Å². The first-order valence-electron chi connectivity index (χ1n) is 7.93. The van der Waals surface area contributed by atoms with Crippen molar-refractivity contribution in [2.45, 2.75) is 57.5 Å². The average molecular weight is 326 g/mol. The molecule has 23 heavy (non-hydrogen) atoms. The molecule has 2 rings (SSSR count). The van der Waals surface area contributed by atoms with Crippen LogP contribution in [0.3, 0.4) is 0 Å². The lowest BCUT2D eigenvalue weighted by atomic mass is 10.0. The molecular weight excluding hydrogens is 300 g/mol. The Hall–Kier alpha value is -1.44. The number of ether oxygens (including phenoxy) is 2. The molecule has 7 nitrogen and oxygen atoms in total. The lowest BCUT2D eigenvalue weighted by molar-refractivity contribution is -0.0464. The molecule has 1 amide bonds. The zero-order valence-electron chi connectivity index (χ0n) is 14.2. The van der Waals surface area contributed by atoms with E-state index in [1.54, 1.807) is 33.1 Å². The second-order valence-electron chi connectivity index (χ2n) is 6.03. The minimum absolute atomic E-state index is 0.247. The predicted molar refractivity (Wildman–Crippen MR) is 83.1 cm³/mol. The molecule has 1 aromatic rings. The summed E-state index contributed by atoms with van der Waals surface area (Å²) in [5.74, 6) is 0.300. The Bertz CT molecular complexity index is 531. The minimum Gasteiger partial charge on any atom is -0.388 e. The summed E-state index contributed by atoms with van der Waals surface area (Å²) in [7, 11) is 4.84. The molecule has 1 aliphatic rings. The van der Waals surface area contributed by atoms with E-state index in [4.69, 9.17) is 14.0 Å². The number of aryl methyl sites for hydroxylation is 1. The lowest BCUT2D eigenvalue weighted by Crippen LogP contribution is -2.49. The van der Waals surface area contributed by atoms with Gasteiger partial charge in [-0.2, -0.15) is 0 Å². The molecule has 1 saturated carbocycles. The van der Waals surface area contributed by atoms with Gasteiger partial charge in [-0.15, -0.1) is 0 Å². The van der Waals surface area contributed by atoms with Crippen LogP contribution < -0.4 is 0 Å². The molecule has 0 bridgehead atoms. The molecule has 1 aromatic heterocycles. The van der Waals surface area contributed by atoms with Crippen LogP contribution >= 0.6 is 0 Å². The second kappa shape index (κ2) is 7.90. The number of hydrogen-bond acceptors (Lipinski definition) is 6. The van der Waals surface area contributed by atoms with Gasteiger partial charge in [0.25, 0.3) is 5.91 Å². The number of nitrogens with zero attached hydrogens (tertiary/aromatic N) is 2. The van der Waals surface area contributed by atoms with Crippen molar-refractivity contribution < 1.29 is 23.9 Å². The quantitative estimate of drug-likeness (QED) is 0.826. The van der Waals surface area contributed by atoms with Gasteiger partial charge >= 0.3 is 0 Å². The van der Waals surface area contributed by atoms with E-state index < -0.39 is 6.10 Å². The van der Waals surface area contributed by atoms with Gasteiger partial charge in [-0.25, -0.2) is 0 Å². The van der Waals surface area contributed by atoms with E-state index in [0.717, 1.165) is 25.7 Å². The zero-order chi connectivity index (χ0) is 17.0. The van der Waals surface area contributed by atoms with Gasteiger partial charge in [0.2, 0.25) is 0 Å². The molecule has 0 radical (unpaired) electrons. The monoisotopic (exact) mass is 326 g/mol. The van der Waals surface area contributed by atoms with Crippen LogP contribution in [0.15, 0.2) is 4.52 Å². The van der Waals surface area contributed by atoms with Crippen molar-refractivity contribution in [2.24, 2.45) is 0 Å². The first-order chi connectivity index (χ1) is 11.0. The number of carbonyl (C=O) groups excluding carboxylic acids is 1. The number of aliphatic hydroxyl groups is 1. The number of methoxy groups -OCH3 is 2. The molecule has 1 N–H and O–H groups in total. The molecule has 1 heterocycles. The third kappa shape index (κ3) is 3.73. The second-order valence-corrected chi connectivity index (χ2v) is 6.03. The van der Waals surface area contributed by atoms with Gasteiger partial charge in [0.1, 0.15) is 11.9 Å². The smallest absolute Gasteiger partial charge is 0.276 e. The van der Waals surface area contributed by atoms with Crippen LogP contribution in [0.4, 0.5) is 0 Å². The molecule has 0 aromatic carbocycles. The molecular formula is C16H26N2O5. The normalized spacial score (nSPS) is 25.2. The van der Waals surface area contributed by atoms with E-state index in [1.165, 1.54) is 0 Å². The van der Waals surface area contributed by atoms with Crippen molar-refractivity contribution in [1.82, 2.24) is 10.1 Å². The first-order valence-corrected chi connectivity index (χ1v) is 7.93. The Morgan fingerprint density at radius 2 is 2.09 bits per heavy atom. The predicted octanol–water partition coefficient (Wildman–Crippen LogP) is 1.52. The maximum absolute atomic E-state index is 12.8. The highest BCUT2D eigenvalue weighted by Crippen LogP contribution is 2.26. The molecule has 130 valence electrons. The van der Waals surface area contributed by atoms with Gasteiger partial charge in [-0.05, 0) is 19.8 Å². The van der Waals surface area contributed by atoms with Crippen LogP contribution in [0.2, 0.25) is 0 Å². The van der Waals surface area contributed by atoms with Crippen molar-refractivity contribution in [2.75, 3.05) is 21.3 Å². The summed E-state index contributed by atoms with van der Waals surface area (Å²) in [5, 5.41) is 14.4. The van der Waals surface area contributed by atoms with Crippen LogP contribution in [-0.4, -0.2) is 60.6 Å². The summed E-state index contributed by atoms with van der Waals surface area (Å²) >= 11 is 0. The molecule has 7 heteroatoms. The van der Waals surface area contributed by atoms with Crippen LogP contribution in [0, 0.1) is 6.92 Å². The number of hydrogen-bond donors (Lipinski definition) is 1. The maximum atomic E-state index is 12.8. The molecule has 0 saturated heterocycles. The standard InChI is InChI=1S/C16H26N2O5/c1-10-11(9-21-3)14(17-23-10)16(20)18(2)12-7-5-6-8-13(22-4)15(12)19/h12-13,15,19H,5-9H2,1-4H3/t12-,13-,15-/m1/s1. The fourth-order valence-corrected chi connectivity index (χ4v) is 3.16. The Morgan fingerprint density at radius 3 is 2.74 bits per heavy atom. The highest BCUT2D eigenvalue weighted by atomic mass is 16.5. The van der Waals surface area contributed by atoms with Gasteiger partial charge in [0.05, 0.1) is 24.3 Å². The van der Waals surface area contributed by atoms with E-state index in [2.05, 4.69) is 5.16 Å². The highest BCUT2D eigenvalue weighted by molar-refractivity contribution is 5.93. The van der Waals surface area contributed by atoms with Crippen LogP contribution in [0.25, 0.3) is 0 Å². The Balaban J connectivity index is 2.21. The highest BCUT2D eigenvalue weighted by Gasteiger charge is 2.36. The van der Waals surface area contributed by atoms with Gasteiger partial charge in [0, 0.05) is 21.3 Å². The zero-order valence-corrected chi connectivity index (χ0v) is 14.2. The molecule has 3 atom stereocenters. The number of likely N-dealkylation sites (N-methyl/N-ethyl adjacent to an activating group) is 1. The third-order valence-electron chi connectivity index (χ3n) is 4.61. The number of aliphatic hydroxyl groups excluding tert-OH is 1. The lowest BCUT2D eigenvalue weighted by Gasteiger charge is -2.33. The summed E-state index contributed by atoms with van der Waals surface area (Å²) in [4.78, 5) is 14.4. The van der Waals surface area contributed by atoms with E-state index in [1.807, 2.05) is 0 Å². The van der Waals surface area contributed by atoms with Crippen molar-refractivity contribution in [3.05, 3.63) is 17.0 Å². The fourth-order valence-electron chi connectivity index (χ4n) is 3.16. The number of aromatic nitrogens is 1. The van der Waals surface area contributed by atoms with Crippen LogP contribution in [0.5, 0.6) is 0 Å². The van der Waals surface area contributed by atoms with E-state index in [-0.39, 0.29) is 30.4 Å². The first kappa shape index (κ1) is 17.9. The summed E-state index contributed by atoms with van der Waals surface area (Å²) < 4.78 is 15.6. The van der Waals surface area contributed by atoms with E-state index in [0.29, 0.717) is 11.3 Å². The summed E-state index contributed by atoms with van der Waals surface area (Å²) in [6.45, 7) is 2.01. The van der Waals surface area contributed by atoms with Crippen LogP contribution in [-0.2, 0) is 16.1 Å². The minimum atomic E-state index is -0.713. The Labute approximate surface area is 136 Å². The van der Waals surface area contributed by atoms with Crippen molar-refractivity contribution >= 4 is 5.91 Å². The molecule has 0 unspecified atom stereocenters.